The Morgan fingerprint density at radius 3 is 2.55 bits per heavy atom. The van der Waals surface area contributed by atoms with E-state index in [1.165, 1.54) is 0 Å². The fourth-order valence-corrected chi connectivity index (χ4v) is 2.35. The quantitative estimate of drug-likeness (QED) is 0.943. The third-order valence-electron chi connectivity index (χ3n) is 2.70. The van der Waals surface area contributed by atoms with Gasteiger partial charge in [0.15, 0.2) is 11.0 Å². The highest BCUT2D eigenvalue weighted by atomic mass is 32.1. The summed E-state index contributed by atoms with van der Waals surface area (Å²) in [5, 5.41) is 11.1. The Hall–Kier alpha value is -1.64. The first-order chi connectivity index (χ1) is 9.29. The van der Waals surface area contributed by atoms with E-state index in [0.717, 1.165) is 12.0 Å². The molecule has 20 heavy (non-hydrogen) atoms. The molecule has 5 nitrogen and oxygen atoms in total. The zero-order valence-corrected chi connectivity index (χ0v) is 12.0. The Morgan fingerprint density at radius 2 is 2.05 bits per heavy atom. The lowest BCUT2D eigenvalue weighted by atomic mass is 10.2. The molecule has 0 saturated carbocycles. The van der Waals surface area contributed by atoms with E-state index in [2.05, 4.69) is 20.5 Å². The van der Waals surface area contributed by atoms with Crippen LogP contribution in [-0.2, 0) is 19.8 Å². The lowest BCUT2D eigenvalue weighted by molar-refractivity contribution is -0.134. The summed E-state index contributed by atoms with van der Waals surface area (Å²) in [6.07, 6.45) is -3.53. The molecule has 2 rings (SSSR count). The molecule has 0 saturated heterocycles. The van der Waals surface area contributed by atoms with Crippen molar-refractivity contribution in [3.63, 3.8) is 0 Å². The molecule has 0 atom stereocenters. The van der Waals surface area contributed by atoms with Crippen LogP contribution in [0.2, 0.25) is 0 Å². The molecule has 9 heteroatoms. The SMILES string of the molecule is CC(C)c1nnc(CNc2ncc(C(F)(F)F)s2)n1C. The van der Waals surface area contributed by atoms with Crippen molar-refractivity contribution in [2.75, 3.05) is 5.32 Å². The smallest absolute Gasteiger partial charge is 0.354 e. The van der Waals surface area contributed by atoms with Gasteiger partial charge in [0.1, 0.15) is 10.7 Å². The van der Waals surface area contributed by atoms with E-state index in [1.807, 2.05) is 25.5 Å². The zero-order valence-electron chi connectivity index (χ0n) is 11.2. The van der Waals surface area contributed by atoms with Crippen molar-refractivity contribution in [3.05, 3.63) is 22.7 Å². The molecule has 0 aromatic carbocycles. The van der Waals surface area contributed by atoms with Gasteiger partial charge in [-0.1, -0.05) is 25.2 Å². The van der Waals surface area contributed by atoms with Crippen molar-refractivity contribution in [1.82, 2.24) is 19.7 Å². The molecule has 0 aliphatic heterocycles. The summed E-state index contributed by atoms with van der Waals surface area (Å²) in [6, 6.07) is 0. The van der Waals surface area contributed by atoms with Gasteiger partial charge in [-0.15, -0.1) is 10.2 Å². The van der Waals surface area contributed by atoms with E-state index in [1.54, 1.807) is 0 Å². The van der Waals surface area contributed by atoms with Gasteiger partial charge in [0, 0.05) is 13.0 Å². The van der Waals surface area contributed by atoms with E-state index in [0.29, 0.717) is 17.2 Å². The maximum absolute atomic E-state index is 12.4. The standard InChI is InChI=1S/C11H14F3N5S/c1-6(2)9-18-17-8(19(9)3)5-16-10-15-4-7(20-10)11(12,13)14/h4,6H,5H2,1-3H3,(H,15,16). The van der Waals surface area contributed by atoms with Crippen LogP contribution in [0.15, 0.2) is 6.20 Å². The van der Waals surface area contributed by atoms with Crippen molar-refractivity contribution in [1.29, 1.82) is 0 Å². The van der Waals surface area contributed by atoms with Crippen LogP contribution < -0.4 is 5.32 Å². The lowest BCUT2D eigenvalue weighted by Gasteiger charge is -2.06. The molecule has 0 fully saturated rings. The van der Waals surface area contributed by atoms with E-state index in [9.17, 15) is 13.2 Å². The molecule has 2 heterocycles. The van der Waals surface area contributed by atoms with Crippen LogP contribution in [0.1, 0.15) is 36.3 Å². The highest BCUT2D eigenvalue weighted by Crippen LogP contribution is 2.35. The second-order valence-electron chi connectivity index (χ2n) is 4.57. The average Bonchev–Trinajstić information content (AvgIpc) is 2.92. The predicted octanol–water partition coefficient (Wildman–Crippen LogP) is 3.03. The Morgan fingerprint density at radius 1 is 1.35 bits per heavy atom. The van der Waals surface area contributed by atoms with Crippen molar-refractivity contribution in [2.24, 2.45) is 7.05 Å². The number of rotatable bonds is 4. The number of anilines is 1. The normalized spacial score (nSPS) is 12.2. The lowest BCUT2D eigenvalue weighted by Crippen LogP contribution is -2.08. The molecule has 0 aliphatic rings. The number of hydrogen-bond donors (Lipinski definition) is 1. The Kier molecular flexibility index (Phi) is 3.98. The van der Waals surface area contributed by atoms with Gasteiger partial charge < -0.3 is 9.88 Å². The molecule has 0 bridgehead atoms. The summed E-state index contributed by atoms with van der Waals surface area (Å²) in [6.45, 7) is 4.27. The van der Waals surface area contributed by atoms with Gasteiger partial charge in [0.05, 0.1) is 12.7 Å². The summed E-state index contributed by atoms with van der Waals surface area (Å²) in [7, 11) is 1.83. The van der Waals surface area contributed by atoms with E-state index < -0.39 is 11.1 Å². The van der Waals surface area contributed by atoms with Crippen LogP contribution in [-0.4, -0.2) is 19.7 Å². The van der Waals surface area contributed by atoms with Crippen molar-refractivity contribution in [2.45, 2.75) is 32.5 Å². The fourth-order valence-electron chi connectivity index (χ4n) is 1.67. The summed E-state index contributed by atoms with van der Waals surface area (Å²) < 4.78 is 39.1. The molecule has 110 valence electrons. The predicted molar refractivity (Wildman–Crippen MR) is 69.5 cm³/mol. The van der Waals surface area contributed by atoms with Crippen LogP contribution in [0.5, 0.6) is 0 Å². The molecular formula is C11H14F3N5S. The third kappa shape index (κ3) is 3.09. The number of nitrogens with zero attached hydrogens (tertiary/aromatic N) is 4. The number of alkyl halides is 3. The van der Waals surface area contributed by atoms with Gasteiger partial charge in [0.25, 0.3) is 0 Å². The Labute approximate surface area is 117 Å². The van der Waals surface area contributed by atoms with Crippen molar-refractivity contribution in [3.8, 4) is 0 Å². The van der Waals surface area contributed by atoms with Crippen LogP contribution in [0, 0.1) is 0 Å². The highest BCUT2D eigenvalue weighted by molar-refractivity contribution is 7.15. The first-order valence-electron chi connectivity index (χ1n) is 5.94. The summed E-state index contributed by atoms with van der Waals surface area (Å²) in [5.41, 5.74) is 0. The molecule has 0 aliphatic carbocycles. The number of thiazole rings is 1. The molecule has 2 aromatic heterocycles. The molecule has 0 radical (unpaired) electrons. The van der Waals surface area contributed by atoms with Gasteiger partial charge in [-0.3, -0.25) is 0 Å². The third-order valence-corrected chi connectivity index (χ3v) is 3.70. The summed E-state index contributed by atoms with van der Waals surface area (Å²) in [5.74, 6) is 1.72. The minimum absolute atomic E-state index is 0.214. The fraction of sp³-hybridized carbons (Fsp3) is 0.545. The maximum Gasteiger partial charge on any atom is 0.427 e. The first-order valence-corrected chi connectivity index (χ1v) is 6.75. The zero-order chi connectivity index (χ0) is 14.9. The molecule has 2 aromatic rings. The monoisotopic (exact) mass is 305 g/mol. The topological polar surface area (TPSA) is 55.6 Å². The van der Waals surface area contributed by atoms with Gasteiger partial charge >= 0.3 is 6.18 Å². The molecule has 1 N–H and O–H groups in total. The average molecular weight is 305 g/mol. The second kappa shape index (κ2) is 5.39. The Balaban J connectivity index is 2.04. The van der Waals surface area contributed by atoms with Crippen LogP contribution in [0.4, 0.5) is 18.3 Å². The van der Waals surface area contributed by atoms with Gasteiger partial charge in [-0.2, -0.15) is 13.2 Å². The summed E-state index contributed by atoms with van der Waals surface area (Å²) >= 11 is 0.573. The van der Waals surface area contributed by atoms with Crippen LogP contribution >= 0.6 is 11.3 Å². The van der Waals surface area contributed by atoms with E-state index in [-0.39, 0.29) is 17.6 Å². The van der Waals surface area contributed by atoms with Crippen molar-refractivity contribution < 1.29 is 13.2 Å². The molecular weight excluding hydrogens is 291 g/mol. The minimum atomic E-state index is -4.35. The molecule has 0 unspecified atom stereocenters. The summed E-state index contributed by atoms with van der Waals surface area (Å²) in [4.78, 5) is 2.98. The highest BCUT2D eigenvalue weighted by Gasteiger charge is 2.33. The van der Waals surface area contributed by atoms with Crippen molar-refractivity contribution >= 4 is 16.5 Å². The van der Waals surface area contributed by atoms with Gasteiger partial charge in [-0.25, -0.2) is 4.98 Å². The molecule has 0 amide bonds. The van der Waals surface area contributed by atoms with Crippen LogP contribution in [0.3, 0.4) is 0 Å². The van der Waals surface area contributed by atoms with E-state index in [4.69, 9.17) is 0 Å². The second-order valence-corrected chi connectivity index (χ2v) is 5.60. The van der Waals surface area contributed by atoms with Gasteiger partial charge in [-0.05, 0) is 0 Å². The number of aromatic nitrogens is 4. The maximum atomic E-state index is 12.4. The largest absolute Gasteiger partial charge is 0.427 e. The number of nitrogens with one attached hydrogen (secondary N) is 1. The van der Waals surface area contributed by atoms with Crippen LogP contribution in [0.25, 0.3) is 0 Å². The molecule has 0 spiro atoms. The first kappa shape index (κ1) is 14.8. The Bertz CT molecular complexity index is 587. The minimum Gasteiger partial charge on any atom is -0.354 e. The van der Waals surface area contributed by atoms with E-state index >= 15 is 0 Å². The number of hydrogen-bond acceptors (Lipinski definition) is 5. The number of halogens is 3. The van der Waals surface area contributed by atoms with Gasteiger partial charge in [0.2, 0.25) is 0 Å².